The summed E-state index contributed by atoms with van der Waals surface area (Å²) < 4.78 is 5.42. The molecule has 0 radical (unpaired) electrons. The number of carbonyl (C=O) groups is 1. The van der Waals surface area contributed by atoms with Crippen LogP contribution in [0.2, 0.25) is 0 Å². The van der Waals surface area contributed by atoms with Crippen molar-refractivity contribution in [2.45, 2.75) is 90.1 Å². The Labute approximate surface area is 106 Å². The lowest BCUT2D eigenvalue weighted by molar-refractivity contribution is -0.148. The Morgan fingerprint density at radius 2 is 1.76 bits per heavy atom. The van der Waals surface area contributed by atoms with Gasteiger partial charge in [-0.05, 0) is 32.1 Å². The molecule has 2 heteroatoms. The highest BCUT2D eigenvalue weighted by molar-refractivity contribution is 5.69. The van der Waals surface area contributed by atoms with Gasteiger partial charge >= 0.3 is 5.97 Å². The number of unbranched alkanes of at least 4 members (excludes halogenated alkanes) is 6. The van der Waals surface area contributed by atoms with Crippen LogP contribution in [0, 0.1) is 0 Å². The topological polar surface area (TPSA) is 26.3 Å². The molecule has 2 nitrogen and oxygen atoms in total. The molecule has 0 unspecified atom stereocenters. The fourth-order valence-corrected chi connectivity index (χ4v) is 2.48. The number of rotatable bonds is 8. The van der Waals surface area contributed by atoms with Gasteiger partial charge in [-0.1, -0.05) is 45.4 Å². The fourth-order valence-electron chi connectivity index (χ4n) is 2.48. The van der Waals surface area contributed by atoms with Gasteiger partial charge in [0, 0.05) is 6.42 Å². The summed E-state index contributed by atoms with van der Waals surface area (Å²) in [6, 6.07) is 0. The minimum absolute atomic E-state index is 0.0236. The van der Waals surface area contributed by atoms with E-state index in [1.54, 1.807) is 0 Å². The molecule has 0 N–H and O–H groups in total. The first-order chi connectivity index (χ1) is 8.33. The lowest BCUT2D eigenvalue weighted by Gasteiger charge is -2.14. The van der Waals surface area contributed by atoms with Gasteiger partial charge in [-0.2, -0.15) is 0 Å². The van der Waals surface area contributed by atoms with Crippen molar-refractivity contribution < 1.29 is 9.53 Å². The Morgan fingerprint density at radius 1 is 1.06 bits per heavy atom. The fraction of sp³-hybridized carbons (Fsp3) is 0.933. The first-order valence-corrected chi connectivity index (χ1v) is 7.52. The van der Waals surface area contributed by atoms with Crippen LogP contribution in [0.1, 0.15) is 84.0 Å². The third-order valence-corrected chi connectivity index (χ3v) is 3.58. The largest absolute Gasteiger partial charge is 0.462 e. The van der Waals surface area contributed by atoms with Crippen LogP contribution in [0.3, 0.4) is 0 Å². The van der Waals surface area contributed by atoms with E-state index in [9.17, 15) is 4.79 Å². The smallest absolute Gasteiger partial charge is 0.306 e. The van der Waals surface area contributed by atoms with Gasteiger partial charge in [0.05, 0.1) is 0 Å². The first-order valence-electron chi connectivity index (χ1n) is 7.52. The van der Waals surface area contributed by atoms with E-state index in [1.165, 1.54) is 44.9 Å². The molecular weight excluding hydrogens is 212 g/mol. The molecule has 1 aliphatic rings. The first kappa shape index (κ1) is 14.5. The Hall–Kier alpha value is -0.530. The van der Waals surface area contributed by atoms with Gasteiger partial charge < -0.3 is 4.74 Å². The third kappa shape index (κ3) is 7.40. The van der Waals surface area contributed by atoms with Crippen molar-refractivity contribution in [3.8, 4) is 0 Å². The molecule has 0 spiro atoms. The molecule has 1 fully saturated rings. The van der Waals surface area contributed by atoms with E-state index in [0.29, 0.717) is 6.42 Å². The Bertz CT molecular complexity index is 201. The van der Waals surface area contributed by atoms with Crippen molar-refractivity contribution in [2.24, 2.45) is 0 Å². The molecule has 100 valence electrons. The van der Waals surface area contributed by atoms with Crippen molar-refractivity contribution in [2.75, 3.05) is 0 Å². The average Bonchev–Trinajstić information content (AvgIpc) is 2.52. The van der Waals surface area contributed by atoms with E-state index in [1.807, 2.05) is 0 Å². The predicted octanol–water partition coefficient (Wildman–Crippen LogP) is 4.61. The average molecular weight is 240 g/mol. The predicted molar refractivity (Wildman–Crippen MR) is 71.0 cm³/mol. The molecule has 0 amide bonds. The molecule has 17 heavy (non-hydrogen) atoms. The number of hydrogen-bond acceptors (Lipinski definition) is 2. The van der Waals surface area contributed by atoms with E-state index in [-0.39, 0.29) is 12.1 Å². The van der Waals surface area contributed by atoms with Crippen LogP contribution >= 0.6 is 0 Å². The SMILES string of the molecule is CCCCCCCCC[C@@H]1CCCCC(=O)O1. The van der Waals surface area contributed by atoms with Crippen LogP contribution in [0.4, 0.5) is 0 Å². The van der Waals surface area contributed by atoms with Gasteiger partial charge in [-0.3, -0.25) is 4.79 Å². The minimum Gasteiger partial charge on any atom is -0.462 e. The summed E-state index contributed by atoms with van der Waals surface area (Å²) in [4.78, 5) is 11.3. The molecule has 1 saturated heterocycles. The summed E-state index contributed by atoms with van der Waals surface area (Å²) >= 11 is 0. The highest BCUT2D eigenvalue weighted by Gasteiger charge is 2.17. The minimum atomic E-state index is 0.0236. The summed E-state index contributed by atoms with van der Waals surface area (Å²) in [6.07, 6.45) is 14.5. The van der Waals surface area contributed by atoms with Crippen LogP contribution < -0.4 is 0 Å². The summed E-state index contributed by atoms with van der Waals surface area (Å²) in [5.41, 5.74) is 0. The normalized spacial score (nSPS) is 21.0. The maximum atomic E-state index is 11.3. The number of carbonyl (C=O) groups excluding carboxylic acids is 1. The lowest BCUT2D eigenvalue weighted by Crippen LogP contribution is -2.15. The van der Waals surface area contributed by atoms with Crippen molar-refractivity contribution in [3.63, 3.8) is 0 Å². The second kappa shape index (κ2) is 9.49. The number of cyclic esters (lactones) is 1. The maximum absolute atomic E-state index is 11.3. The van der Waals surface area contributed by atoms with Gasteiger partial charge in [0.25, 0.3) is 0 Å². The molecule has 1 heterocycles. The molecule has 0 bridgehead atoms. The van der Waals surface area contributed by atoms with Crippen LogP contribution in [0.15, 0.2) is 0 Å². The molecule has 0 aromatic rings. The monoisotopic (exact) mass is 240 g/mol. The highest BCUT2D eigenvalue weighted by Crippen LogP contribution is 2.19. The van der Waals surface area contributed by atoms with Gasteiger partial charge in [0.15, 0.2) is 0 Å². The van der Waals surface area contributed by atoms with E-state index in [2.05, 4.69) is 6.92 Å². The zero-order valence-electron chi connectivity index (χ0n) is 11.4. The molecule has 0 aromatic carbocycles. The van der Waals surface area contributed by atoms with Crippen LogP contribution in [-0.4, -0.2) is 12.1 Å². The van der Waals surface area contributed by atoms with E-state index in [0.717, 1.165) is 25.7 Å². The summed E-state index contributed by atoms with van der Waals surface area (Å²) in [5, 5.41) is 0. The lowest BCUT2D eigenvalue weighted by atomic mass is 10.0. The van der Waals surface area contributed by atoms with Crippen molar-refractivity contribution >= 4 is 5.97 Å². The molecular formula is C15H28O2. The zero-order valence-corrected chi connectivity index (χ0v) is 11.4. The van der Waals surface area contributed by atoms with Crippen LogP contribution in [0.5, 0.6) is 0 Å². The molecule has 0 saturated carbocycles. The van der Waals surface area contributed by atoms with E-state index in [4.69, 9.17) is 4.74 Å². The standard InChI is InChI=1S/C15H28O2/c1-2-3-4-5-6-7-8-11-14-12-9-10-13-15(16)17-14/h14H,2-13H2,1H3/t14-/m1/s1. The summed E-state index contributed by atoms with van der Waals surface area (Å²) in [5.74, 6) is 0.0236. The van der Waals surface area contributed by atoms with Crippen LogP contribution in [0.25, 0.3) is 0 Å². The molecule has 1 rings (SSSR count). The second-order valence-electron chi connectivity index (χ2n) is 5.27. The van der Waals surface area contributed by atoms with Crippen molar-refractivity contribution in [3.05, 3.63) is 0 Å². The molecule has 0 aromatic heterocycles. The number of ether oxygens (including phenoxy) is 1. The molecule has 1 atom stereocenters. The quantitative estimate of drug-likeness (QED) is 0.457. The summed E-state index contributed by atoms with van der Waals surface area (Å²) in [6.45, 7) is 2.25. The highest BCUT2D eigenvalue weighted by atomic mass is 16.5. The summed E-state index contributed by atoms with van der Waals surface area (Å²) in [7, 11) is 0. The number of esters is 1. The molecule has 0 aliphatic carbocycles. The van der Waals surface area contributed by atoms with E-state index < -0.39 is 0 Å². The third-order valence-electron chi connectivity index (χ3n) is 3.58. The Balaban J connectivity index is 1.96. The van der Waals surface area contributed by atoms with Gasteiger partial charge in [0.1, 0.15) is 6.10 Å². The number of hydrogen-bond donors (Lipinski definition) is 0. The molecule has 1 aliphatic heterocycles. The second-order valence-corrected chi connectivity index (χ2v) is 5.27. The van der Waals surface area contributed by atoms with Gasteiger partial charge in [0.2, 0.25) is 0 Å². The van der Waals surface area contributed by atoms with Gasteiger partial charge in [-0.25, -0.2) is 0 Å². The van der Waals surface area contributed by atoms with Crippen molar-refractivity contribution in [1.29, 1.82) is 0 Å². The van der Waals surface area contributed by atoms with Gasteiger partial charge in [-0.15, -0.1) is 0 Å². The van der Waals surface area contributed by atoms with Crippen molar-refractivity contribution in [1.82, 2.24) is 0 Å². The Morgan fingerprint density at radius 3 is 2.53 bits per heavy atom. The van der Waals surface area contributed by atoms with E-state index >= 15 is 0 Å². The maximum Gasteiger partial charge on any atom is 0.306 e. The van der Waals surface area contributed by atoms with Crippen LogP contribution in [-0.2, 0) is 9.53 Å². The Kier molecular flexibility index (Phi) is 8.12. The zero-order chi connectivity index (χ0) is 12.3.